The Morgan fingerprint density at radius 1 is 1.50 bits per heavy atom. The van der Waals surface area contributed by atoms with E-state index in [-0.39, 0.29) is 11.5 Å². The summed E-state index contributed by atoms with van der Waals surface area (Å²) < 4.78 is 1.25. The molecule has 1 heterocycles. The fourth-order valence-electron chi connectivity index (χ4n) is 1.45. The van der Waals surface area contributed by atoms with Crippen LogP contribution in [0.25, 0.3) is 0 Å². The number of aliphatic hydroxyl groups is 1. The smallest absolute Gasteiger partial charge is 0.330 e. The van der Waals surface area contributed by atoms with Crippen molar-refractivity contribution in [3.05, 3.63) is 20.8 Å². The maximum atomic E-state index is 11.7. The van der Waals surface area contributed by atoms with Crippen LogP contribution in [0.2, 0.25) is 0 Å². The Labute approximate surface area is 105 Å². The highest BCUT2D eigenvalue weighted by Crippen LogP contribution is 2.19. The minimum atomic E-state index is -0.739. The van der Waals surface area contributed by atoms with Crippen molar-refractivity contribution in [2.45, 2.75) is 45.9 Å². The topological polar surface area (TPSA) is 113 Å². The van der Waals surface area contributed by atoms with Crippen LogP contribution in [-0.4, -0.2) is 26.3 Å². The Morgan fingerprint density at radius 3 is 2.50 bits per heavy atom. The number of rotatable bonds is 4. The highest BCUT2D eigenvalue weighted by molar-refractivity contribution is 5.61. The molecule has 0 saturated heterocycles. The van der Waals surface area contributed by atoms with E-state index in [4.69, 9.17) is 5.73 Å². The van der Waals surface area contributed by atoms with Crippen LogP contribution < -0.4 is 22.3 Å². The van der Waals surface area contributed by atoms with Gasteiger partial charge in [-0.05, 0) is 27.7 Å². The van der Waals surface area contributed by atoms with Gasteiger partial charge in [0.25, 0.3) is 5.56 Å². The summed E-state index contributed by atoms with van der Waals surface area (Å²) in [5, 5.41) is 12.5. The van der Waals surface area contributed by atoms with Gasteiger partial charge in [0.15, 0.2) is 0 Å². The number of nitrogens with zero attached hydrogens (tertiary/aromatic N) is 1. The Bertz CT molecular complexity index is 542. The van der Waals surface area contributed by atoms with Crippen LogP contribution >= 0.6 is 0 Å². The summed E-state index contributed by atoms with van der Waals surface area (Å²) in [4.78, 5) is 25.4. The first-order chi connectivity index (χ1) is 8.20. The molecule has 5 N–H and O–H groups in total. The molecule has 0 spiro atoms. The van der Waals surface area contributed by atoms with Crippen molar-refractivity contribution in [2.24, 2.45) is 0 Å². The quantitative estimate of drug-likeness (QED) is 0.591. The van der Waals surface area contributed by atoms with E-state index in [1.54, 1.807) is 27.7 Å². The van der Waals surface area contributed by atoms with Gasteiger partial charge in [-0.25, -0.2) is 4.79 Å². The molecule has 0 aliphatic rings. The predicted octanol–water partition coefficient (Wildman–Crippen LogP) is -0.290. The standard InChI is InChI=1S/C11H20N4O3/c1-5-15-8(12)7(9(17)13-10(15)18)14-11(3,4)6(2)16/h6,14,16H,5,12H2,1-4H3,(H,13,17,18). The Balaban J connectivity index is 3.35. The molecule has 102 valence electrons. The normalized spacial score (nSPS) is 13.4. The molecule has 1 atom stereocenters. The molecule has 1 aromatic rings. The molecule has 1 aromatic heterocycles. The summed E-state index contributed by atoms with van der Waals surface area (Å²) in [5.41, 5.74) is 4.03. The van der Waals surface area contributed by atoms with E-state index in [9.17, 15) is 14.7 Å². The molecule has 0 fully saturated rings. The van der Waals surface area contributed by atoms with Gasteiger partial charge in [0.05, 0.1) is 11.6 Å². The van der Waals surface area contributed by atoms with Gasteiger partial charge in [0, 0.05) is 6.54 Å². The lowest BCUT2D eigenvalue weighted by molar-refractivity contribution is 0.133. The molecule has 0 bridgehead atoms. The van der Waals surface area contributed by atoms with E-state index in [1.807, 2.05) is 0 Å². The van der Waals surface area contributed by atoms with E-state index < -0.39 is 22.9 Å². The number of aliphatic hydroxyl groups excluding tert-OH is 1. The average Bonchev–Trinajstić information content (AvgIpc) is 2.24. The summed E-state index contributed by atoms with van der Waals surface area (Å²) in [6.45, 7) is 7.17. The Hall–Kier alpha value is -1.76. The third-order valence-electron chi connectivity index (χ3n) is 3.05. The zero-order valence-corrected chi connectivity index (χ0v) is 11.1. The number of nitrogens with two attached hydrogens (primary N) is 1. The number of nitrogen functional groups attached to an aromatic ring is 1. The van der Waals surface area contributed by atoms with Crippen LogP contribution in [0.5, 0.6) is 0 Å². The van der Waals surface area contributed by atoms with E-state index in [2.05, 4.69) is 10.3 Å². The Morgan fingerprint density at radius 2 is 2.06 bits per heavy atom. The maximum absolute atomic E-state index is 11.7. The molecule has 18 heavy (non-hydrogen) atoms. The van der Waals surface area contributed by atoms with Crippen LogP contribution in [0.3, 0.4) is 0 Å². The molecule has 0 aliphatic carbocycles. The van der Waals surface area contributed by atoms with E-state index >= 15 is 0 Å². The van der Waals surface area contributed by atoms with Crippen molar-refractivity contribution >= 4 is 11.5 Å². The summed E-state index contributed by atoms with van der Waals surface area (Å²) in [6, 6.07) is 0. The van der Waals surface area contributed by atoms with Crippen molar-refractivity contribution in [1.82, 2.24) is 9.55 Å². The van der Waals surface area contributed by atoms with Crippen molar-refractivity contribution in [3.63, 3.8) is 0 Å². The number of hydrogen-bond acceptors (Lipinski definition) is 5. The predicted molar refractivity (Wildman–Crippen MR) is 70.8 cm³/mol. The van der Waals surface area contributed by atoms with Gasteiger partial charge in [0.1, 0.15) is 11.5 Å². The number of aromatic nitrogens is 2. The van der Waals surface area contributed by atoms with Crippen molar-refractivity contribution in [1.29, 1.82) is 0 Å². The van der Waals surface area contributed by atoms with Crippen LogP contribution in [0, 0.1) is 0 Å². The average molecular weight is 256 g/mol. The first-order valence-electron chi connectivity index (χ1n) is 5.79. The molecule has 0 aliphatic heterocycles. The maximum Gasteiger partial charge on any atom is 0.330 e. The number of hydrogen-bond donors (Lipinski definition) is 4. The van der Waals surface area contributed by atoms with Gasteiger partial charge in [-0.2, -0.15) is 0 Å². The lowest BCUT2D eigenvalue weighted by Gasteiger charge is -2.30. The summed E-state index contributed by atoms with van der Waals surface area (Å²) in [5.74, 6) is 0.0694. The largest absolute Gasteiger partial charge is 0.391 e. The van der Waals surface area contributed by atoms with E-state index in [1.165, 1.54) is 4.57 Å². The van der Waals surface area contributed by atoms with Crippen molar-refractivity contribution in [3.8, 4) is 0 Å². The molecular formula is C11H20N4O3. The second-order valence-electron chi connectivity index (χ2n) is 4.79. The molecule has 7 heteroatoms. The number of nitrogens with one attached hydrogen (secondary N) is 2. The van der Waals surface area contributed by atoms with Crippen LogP contribution in [0.15, 0.2) is 9.59 Å². The van der Waals surface area contributed by atoms with Crippen LogP contribution in [0.4, 0.5) is 11.5 Å². The molecule has 7 nitrogen and oxygen atoms in total. The first-order valence-corrected chi connectivity index (χ1v) is 5.79. The molecule has 1 rings (SSSR count). The SMILES string of the molecule is CCn1c(N)c(NC(C)(C)C(C)O)c(=O)[nH]c1=O. The van der Waals surface area contributed by atoms with Gasteiger partial charge >= 0.3 is 5.69 Å². The van der Waals surface area contributed by atoms with Gasteiger partial charge < -0.3 is 16.2 Å². The minimum absolute atomic E-state index is 0.0694. The summed E-state index contributed by atoms with van der Waals surface area (Å²) in [6.07, 6.45) is -0.696. The van der Waals surface area contributed by atoms with Gasteiger partial charge in [-0.3, -0.25) is 14.3 Å². The second kappa shape index (κ2) is 4.85. The van der Waals surface area contributed by atoms with E-state index in [0.29, 0.717) is 6.54 Å². The summed E-state index contributed by atoms with van der Waals surface area (Å²) in [7, 11) is 0. The second-order valence-corrected chi connectivity index (χ2v) is 4.79. The van der Waals surface area contributed by atoms with Crippen molar-refractivity contribution < 1.29 is 5.11 Å². The first kappa shape index (κ1) is 14.3. The minimum Gasteiger partial charge on any atom is -0.391 e. The molecular weight excluding hydrogens is 236 g/mol. The highest BCUT2D eigenvalue weighted by atomic mass is 16.3. The Kier molecular flexibility index (Phi) is 3.85. The van der Waals surface area contributed by atoms with Gasteiger partial charge in [-0.1, -0.05) is 0 Å². The lowest BCUT2D eigenvalue weighted by Crippen LogP contribution is -2.45. The van der Waals surface area contributed by atoms with Crippen molar-refractivity contribution in [2.75, 3.05) is 11.1 Å². The number of aromatic amines is 1. The highest BCUT2D eigenvalue weighted by Gasteiger charge is 2.26. The summed E-state index contributed by atoms with van der Waals surface area (Å²) >= 11 is 0. The fraction of sp³-hybridized carbons (Fsp3) is 0.636. The van der Waals surface area contributed by atoms with Gasteiger partial charge in [-0.15, -0.1) is 0 Å². The lowest BCUT2D eigenvalue weighted by atomic mass is 9.98. The molecule has 0 aromatic carbocycles. The monoisotopic (exact) mass is 256 g/mol. The molecule has 1 unspecified atom stereocenters. The third kappa shape index (κ3) is 2.56. The van der Waals surface area contributed by atoms with E-state index in [0.717, 1.165) is 0 Å². The van der Waals surface area contributed by atoms with Gasteiger partial charge in [0.2, 0.25) is 0 Å². The number of anilines is 2. The zero-order valence-electron chi connectivity index (χ0n) is 11.1. The third-order valence-corrected chi connectivity index (χ3v) is 3.05. The van der Waals surface area contributed by atoms with Crippen LogP contribution in [0.1, 0.15) is 27.7 Å². The molecule has 0 amide bonds. The number of H-pyrrole nitrogens is 1. The molecule has 0 saturated carbocycles. The fourth-order valence-corrected chi connectivity index (χ4v) is 1.45. The van der Waals surface area contributed by atoms with Crippen LogP contribution in [-0.2, 0) is 6.54 Å². The molecule has 0 radical (unpaired) electrons. The zero-order chi connectivity index (χ0) is 14.1.